The fourth-order valence-corrected chi connectivity index (χ4v) is 5.36. The Kier molecular flexibility index (Phi) is 9.05. The largest absolute Gasteiger partial charge is 0.459 e. The summed E-state index contributed by atoms with van der Waals surface area (Å²) in [4.78, 5) is 37.3. The van der Waals surface area contributed by atoms with E-state index in [9.17, 15) is 14.4 Å². The smallest absolute Gasteiger partial charge is 0.341 e. The quantitative estimate of drug-likeness (QED) is 0.293. The van der Waals surface area contributed by atoms with Crippen molar-refractivity contribution in [1.82, 2.24) is 14.8 Å². The van der Waals surface area contributed by atoms with Crippen LogP contribution in [0.1, 0.15) is 57.8 Å². The Bertz CT molecular complexity index is 1200. The summed E-state index contributed by atoms with van der Waals surface area (Å²) in [5.41, 5.74) is 7.21. The number of aromatic nitrogens is 3. The molecule has 1 aromatic carbocycles. The summed E-state index contributed by atoms with van der Waals surface area (Å²) >= 11 is 2.22. The van der Waals surface area contributed by atoms with Gasteiger partial charge in [-0.05, 0) is 45.2 Å². The van der Waals surface area contributed by atoms with Crippen LogP contribution in [0.25, 0.3) is 0 Å². The van der Waals surface area contributed by atoms with Gasteiger partial charge < -0.3 is 20.4 Å². The van der Waals surface area contributed by atoms with Crippen LogP contribution in [0.5, 0.6) is 0 Å². The number of hydrogen-bond donors (Lipinski definition) is 2. The van der Waals surface area contributed by atoms with Crippen LogP contribution in [0.2, 0.25) is 0 Å². The molecule has 0 fully saturated rings. The van der Waals surface area contributed by atoms with Gasteiger partial charge in [-0.25, -0.2) is 4.79 Å². The molecule has 0 aliphatic heterocycles. The lowest BCUT2D eigenvalue weighted by Gasteiger charge is -2.10. The van der Waals surface area contributed by atoms with Crippen LogP contribution in [-0.2, 0) is 28.9 Å². The van der Waals surface area contributed by atoms with Crippen LogP contribution < -0.4 is 11.1 Å². The molecule has 186 valence electrons. The molecule has 0 spiro atoms. The predicted octanol–water partition coefficient (Wildman–Crippen LogP) is 3.85. The number of esters is 1. The first-order chi connectivity index (χ1) is 16.7. The number of amides is 2. The third-order valence-electron chi connectivity index (χ3n) is 5.09. The first-order valence-corrected chi connectivity index (χ1v) is 13.0. The van der Waals surface area contributed by atoms with Gasteiger partial charge >= 0.3 is 5.97 Å². The molecule has 0 aliphatic carbocycles. The van der Waals surface area contributed by atoms with Crippen molar-refractivity contribution in [2.75, 3.05) is 11.1 Å². The lowest BCUT2D eigenvalue weighted by molar-refractivity contribution is -0.113. The molecule has 0 bridgehead atoms. The number of rotatable bonds is 11. The van der Waals surface area contributed by atoms with Gasteiger partial charge in [0.15, 0.2) is 5.16 Å². The Balaban J connectivity index is 1.68. The van der Waals surface area contributed by atoms with E-state index < -0.39 is 11.9 Å². The van der Waals surface area contributed by atoms with Crippen LogP contribution in [-0.4, -0.2) is 44.4 Å². The van der Waals surface area contributed by atoms with Gasteiger partial charge in [-0.1, -0.05) is 42.1 Å². The summed E-state index contributed by atoms with van der Waals surface area (Å²) in [7, 11) is 0. The van der Waals surface area contributed by atoms with Crippen LogP contribution >= 0.6 is 23.1 Å². The van der Waals surface area contributed by atoms with E-state index >= 15 is 0 Å². The first kappa shape index (κ1) is 26.4. The van der Waals surface area contributed by atoms with Gasteiger partial charge in [0.05, 0.1) is 22.3 Å². The average molecular weight is 516 g/mol. The lowest BCUT2D eigenvalue weighted by Crippen LogP contribution is -2.18. The summed E-state index contributed by atoms with van der Waals surface area (Å²) in [5.74, 6) is -0.712. The predicted molar refractivity (Wildman–Crippen MR) is 137 cm³/mol. The number of nitrogens with one attached hydrogen (secondary N) is 1. The van der Waals surface area contributed by atoms with E-state index in [0.717, 1.165) is 30.0 Å². The van der Waals surface area contributed by atoms with E-state index in [0.29, 0.717) is 17.3 Å². The minimum Gasteiger partial charge on any atom is -0.459 e. The molecule has 9 nitrogen and oxygen atoms in total. The van der Waals surface area contributed by atoms with Crippen molar-refractivity contribution in [2.45, 2.75) is 58.3 Å². The zero-order chi connectivity index (χ0) is 25.5. The molecule has 2 aromatic heterocycles. The molecule has 0 saturated carbocycles. The zero-order valence-corrected chi connectivity index (χ0v) is 21.8. The number of aryl methyl sites for hydroxylation is 2. The van der Waals surface area contributed by atoms with Crippen molar-refractivity contribution >= 4 is 45.9 Å². The third-order valence-corrected chi connectivity index (χ3v) is 7.28. The van der Waals surface area contributed by atoms with Crippen LogP contribution in [0.15, 0.2) is 35.5 Å². The Morgan fingerprint density at radius 2 is 1.89 bits per heavy atom. The molecule has 0 atom stereocenters. The molecule has 3 aromatic rings. The Hall–Kier alpha value is -3.18. The highest BCUT2D eigenvalue weighted by atomic mass is 32.2. The molecule has 11 heteroatoms. The Labute approximate surface area is 212 Å². The minimum absolute atomic E-state index is 0.0539. The van der Waals surface area contributed by atoms with E-state index in [2.05, 4.69) is 27.6 Å². The monoisotopic (exact) mass is 515 g/mol. The number of thiophene rings is 1. The molecular formula is C24H29N5O4S2. The third kappa shape index (κ3) is 6.70. The minimum atomic E-state index is -0.667. The van der Waals surface area contributed by atoms with Gasteiger partial charge in [0.1, 0.15) is 10.8 Å². The molecule has 0 unspecified atom stereocenters. The van der Waals surface area contributed by atoms with Crippen molar-refractivity contribution in [3.63, 3.8) is 0 Å². The Morgan fingerprint density at radius 3 is 2.51 bits per heavy atom. The summed E-state index contributed by atoms with van der Waals surface area (Å²) in [6.07, 6.45) is 1.23. The standard InChI is InChI=1S/C24H29N5O4S2/c1-5-29-17(12-11-16-9-7-6-8-10-16)27-28-24(29)34-13-18(30)26-22-19(23(32)33-14(2)3)15(4)20(35-22)21(25)31/h6-10,14H,5,11-13H2,1-4H3,(H2,25,31)(H,26,30). The Morgan fingerprint density at radius 1 is 1.17 bits per heavy atom. The number of benzene rings is 1. The average Bonchev–Trinajstić information content (AvgIpc) is 3.36. The van der Waals surface area contributed by atoms with Crippen molar-refractivity contribution < 1.29 is 19.1 Å². The van der Waals surface area contributed by atoms with Gasteiger partial charge in [-0.2, -0.15) is 0 Å². The van der Waals surface area contributed by atoms with Crippen LogP contribution in [0, 0.1) is 6.92 Å². The van der Waals surface area contributed by atoms with Crippen molar-refractivity contribution in [1.29, 1.82) is 0 Å². The number of ether oxygens (including phenoxy) is 1. The molecule has 0 radical (unpaired) electrons. The highest BCUT2D eigenvalue weighted by molar-refractivity contribution is 7.99. The fourth-order valence-electron chi connectivity index (χ4n) is 3.48. The maximum atomic E-state index is 12.7. The molecule has 3 N–H and O–H groups in total. The first-order valence-electron chi connectivity index (χ1n) is 11.2. The molecule has 35 heavy (non-hydrogen) atoms. The number of nitrogens with two attached hydrogens (primary N) is 1. The maximum absolute atomic E-state index is 12.7. The highest BCUT2D eigenvalue weighted by Gasteiger charge is 2.26. The van der Waals surface area contributed by atoms with Crippen LogP contribution in [0.3, 0.4) is 0 Å². The molecular weight excluding hydrogens is 486 g/mol. The van der Waals surface area contributed by atoms with Gasteiger partial charge in [0.2, 0.25) is 5.91 Å². The summed E-state index contributed by atoms with van der Waals surface area (Å²) in [5, 5.41) is 12.2. The van der Waals surface area contributed by atoms with Gasteiger partial charge in [-0.15, -0.1) is 21.5 Å². The summed E-state index contributed by atoms with van der Waals surface area (Å²) in [6.45, 7) is 7.74. The topological polar surface area (TPSA) is 129 Å². The molecule has 3 rings (SSSR count). The second kappa shape index (κ2) is 12.0. The second-order valence-corrected chi connectivity index (χ2v) is 10.0. The number of primary amides is 1. The van der Waals surface area contributed by atoms with E-state index in [1.54, 1.807) is 20.8 Å². The highest BCUT2D eigenvalue weighted by Crippen LogP contribution is 2.34. The van der Waals surface area contributed by atoms with Gasteiger partial charge in [-0.3, -0.25) is 9.59 Å². The molecule has 0 aliphatic rings. The number of thioether (sulfide) groups is 1. The number of hydrogen-bond acceptors (Lipinski definition) is 8. The van der Waals surface area contributed by atoms with E-state index in [-0.39, 0.29) is 33.2 Å². The molecule has 2 amide bonds. The summed E-state index contributed by atoms with van der Waals surface area (Å²) in [6, 6.07) is 10.2. The zero-order valence-electron chi connectivity index (χ0n) is 20.2. The van der Waals surface area contributed by atoms with Crippen molar-refractivity contribution in [2.24, 2.45) is 5.73 Å². The van der Waals surface area contributed by atoms with E-state index in [1.165, 1.54) is 17.3 Å². The van der Waals surface area contributed by atoms with E-state index in [1.807, 2.05) is 29.7 Å². The fraction of sp³-hybridized carbons (Fsp3) is 0.375. The van der Waals surface area contributed by atoms with Gasteiger partial charge in [0.25, 0.3) is 5.91 Å². The van der Waals surface area contributed by atoms with Crippen molar-refractivity contribution in [3.8, 4) is 0 Å². The van der Waals surface area contributed by atoms with Crippen LogP contribution in [0.4, 0.5) is 5.00 Å². The number of nitrogens with zero attached hydrogens (tertiary/aromatic N) is 3. The number of carbonyl (C=O) groups is 3. The van der Waals surface area contributed by atoms with Crippen molar-refractivity contribution in [3.05, 3.63) is 57.7 Å². The number of anilines is 1. The molecule has 0 saturated heterocycles. The second-order valence-electron chi connectivity index (χ2n) is 8.04. The lowest BCUT2D eigenvalue weighted by atomic mass is 10.1. The maximum Gasteiger partial charge on any atom is 0.341 e. The molecule has 2 heterocycles. The SMILES string of the molecule is CCn1c(CCc2ccccc2)nnc1SCC(=O)Nc1sc(C(N)=O)c(C)c1C(=O)OC(C)C. The van der Waals surface area contributed by atoms with Gasteiger partial charge in [0, 0.05) is 13.0 Å². The number of carbonyl (C=O) groups excluding carboxylic acids is 3. The normalized spacial score (nSPS) is 11.0. The summed E-state index contributed by atoms with van der Waals surface area (Å²) < 4.78 is 7.28. The van der Waals surface area contributed by atoms with E-state index in [4.69, 9.17) is 10.5 Å².